The molecule has 0 unspecified atom stereocenters. The van der Waals surface area contributed by atoms with Gasteiger partial charge in [-0.2, -0.15) is 0 Å². The minimum atomic E-state index is 1.07. The number of unbranched alkanes of at least 4 members (excludes halogenated alkanes) is 1. The van der Waals surface area contributed by atoms with Gasteiger partial charge in [0, 0.05) is 38.1 Å². The Morgan fingerprint density at radius 2 is 1.30 bits per heavy atom. The molecule has 5 aromatic rings. The fraction of sp³-hybridized carbons (Fsp3) is 0.167. The van der Waals surface area contributed by atoms with E-state index in [4.69, 9.17) is 0 Å². The van der Waals surface area contributed by atoms with Gasteiger partial charge in [0.1, 0.15) is 0 Å². The standard InChI is InChI=1S/C24H21NS2/c1-2-3-12-25-21-15-17(23-6-4-13-26-23)8-10-19(21)20-11-9-18(16-22(20)25)24-7-5-14-27-24/h4-11,13-16H,2-3,12H2,1H3. The largest absolute Gasteiger partial charge is 0.340 e. The van der Waals surface area contributed by atoms with Crippen LogP contribution < -0.4 is 0 Å². The SMILES string of the molecule is CCCCn1c2cc(-c3cccs3)ccc2c2ccc(-c3cccs3)cc21. The fourth-order valence-corrected chi connectivity index (χ4v) is 5.29. The molecule has 0 spiro atoms. The summed E-state index contributed by atoms with van der Waals surface area (Å²) in [6.07, 6.45) is 2.40. The van der Waals surface area contributed by atoms with Gasteiger partial charge in [-0.1, -0.05) is 49.7 Å². The van der Waals surface area contributed by atoms with E-state index in [1.165, 1.54) is 55.5 Å². The van der Waals surface area contributed by atoms with Crippen LogP contribution in [0.2, 0.25) is 0 Å². The van der Waals surface area contributed by atoms with E-state index in [1.807, 2.05) is 22.7 Å². The van der Waals surface area contributed by atoms with Gasteiger partial charge >= 0.3 is 0 Å². The second-order valence-corrected chi connectivity index (χ2v) is 8.82. The Balaban J connectivity index is 1.76. The number of benzene rings is 2. The predicted octanol–water partition coefficient (Wildman–Crippen LogP) is 8.05. The lowest BCUT2D eigenvalue weighted by Gasteiger charge is -2.08. The molecule has 2 aromatic carbocycles. The maximum atomic E-state index is 2.53. The van der Waals surface area contributed by atoms with Crippen LogP contribution in [0.25, 0.3) is 42.7 Å². The van der Waals surface area contributed by atoms with Crippen molar-refractivity contribution >= 4 is 44.5 Å². The maximum absolute atomic E-state index is 2.53. The van der Waals surface area contributed by atoms with Crippen LogP contribution in [0, 0.1) is 0 Å². The second kappa shape index (κ2) is 6.99. The van der Waals surface area contributed by atoms with Crippen molar-refractivity contribution in [2.75, 3.05) is 0 Å². The lowest BCUT2D eigenvalue weighted by Crippen LogP contribution is -1.97. The number of aryl methyl sites for hydroxylation is 1. The van der Waals surface area contributed by atoms with Crippen molar-refractivity contribution in [3.63, 3.8) is 0 Å². The summed E-state index contributed by atoms with van der Waals surface area (Å²) in [7, 11) is 0. The lowest BCUT2D eigenvalue weighted by atomic mass is 10.1. The molecule has 0 aliphatic carbocycles. The average Bonchev–Trinajstić information content (AvgIpc) is 3.46. The first-order chi connectivity index (χ1) is 13.3. The van der Waals surface area contributed by atoms with Gasteiger partial charge in [-0.15, -0.1) is 22.7 Å². The molecule has 0 saturated carbocycles. The summed E-state index contributed by atoms with van der Waals surface area (Å²) in [5.41, 5.74) is 5.34. The van der Waals surface area contributed by atoms with Gasteiger partial charge in [0.25, 0.3) is 0 Å². The molecule has 0 radical (unpaired) electrons. The molecule has 0 fully saturated rings. The highest BCUT2D eigenvalue weighted by molar-refractivity contribution is 7.13. The summed E-state index contributed by atoms with van der Waals surface area (Å²) in [5.74, 6) is 0. The molecule has 3 heterocycles. The van der Waals surface area contributed by atoms with E-state index in [-0.39, 0.29) is 0 Å². The highest BCUT2D eigenvalue weighted by Gasteiger charge is 2.13. The predicted molar refractivity (Wildman–Crippen MR) is 121 cm³/mol. The van der Waals surface area contributed by atoms with Crippen molar-refractivity contribution in [3.05, 3.63) is 71.4 Å². The first-order valence-corrected chi connectivity index (χ1v) is 11.2. The van der Waals surface area contributed by atoms with E-state index in [9.17, 15) is 0 Å². The molecular formula is C24H21NS2. The molecule has 1 nitrogen and oxygen atoms in total. The zero-order valence-electron chi connectivity index (χ0n) is 15.3. The van der Waals surface area contributed by atoms with Gasteiger partial charge in [-0.3, -0.25) is 0 Å². The van der Waals surface area contributed by atoms with Crippen molar-refractivity contribution in [1.29, 1.82) is 0 Å². The number of hydrogen-bond acceptors (Lipinski definition) is 2. The molecule has 0 N–H and O–H groups in total. The van der Waals surface area contributed by atoms with Crippen LogP contribution in [0.15, 0.2) is 71.4 Å². The van der Waals surface area contributed by atoms with Crippen molar-refractivity contribution in [1.82, 2.24) is 4.57 Å². The van der Waals surface area contributed by atoms with E-state index >= 15 is 0 Å². The highest BCUT2D eigenvalue weighted by atomic mass is 32.1. The van der Waals surface area contributed by atoms with Gasteiger partial charge in [0.15, 0.2) is 0 Å². The number of nitrogens with zero attached hydrogens (tertiary/aromatic N) is 1. The van der Waals surface area contributed by atoms with E-state index in [0.29, 0.717) is 0 Å². The van der Waals surface area contributed by atoms with E-state index in [1.54, 1.807) is 0 Å². The maximum Gasteiger partial charge on any atom is 0.0497 e. The summed E-state index contributed by atoms with van der Waals surface area (Å²) < 4.78 is 2.53. The van der Waals surface area contributed by atoms with Crippen molar-refractivity contribution < 1.29 is 0 Å². The zero-order chi connectivity index (χ0) is 18.2. The second-order valence-electron chi connectivity index (χ2n) is 6.92. The Hall–Kier alpha value is -2.36. The molecule has 0 atom stereocenters. The van der Waals surface area contributed by atoms with E-state index in [0.717, 1.165) is 6.54 Å². The Kier molecular flexibility index (Phi) is 4.35. The average molecular weight is 388 g/mol. The van der Waals surface area contributed by atoms with Crippen LogP contribution in [0.4, 0.5) is 0 Å². The van der Waals surface area contributed by atoms with Gasteiger partial charge in [-0.05, 0) is 52.6 Å². The van der Waals surface area contributed by atoms with Gasteiger partial charge in [0.05, 0.1) is 0 Å². The van der Waals surface area contributed by atoms with Crippen LogP contribution >= 0.6 is 22.7 Å². The molecule has 5 rings (SSSR count). The summed E-state index contributed by atoms with van der Waals surface area (Å²) in [5, 5.41) is 7.03. The minimum Gasteiger partial charge on any atom is -0.340 e. The smallest absolute Gasteiger partial charge is 0.0497 e. The summed E-state index contributed by atoms with van der Waals surface area (Å²) in [6.45, 7) is 3.33. The summed E-state index contributed by atoms with van der Waals surface area (Å²) in [6, 6.07) is 22.6. The summed E-state index contributed by atoms with van der Waals surface area (Å²) >= 11 is 3.62. The highest BCUT2D eigenvalue weighted by Crippen LogP contribution is 2.36. The molecule has 134 valence electrons. The zero-order valence-corrected chi connectivity index (χ0v) is 16.9. The molecule has 0 amide bonds. The van der Waals surface area contributed by atoms with Gasteiger partial charge in [-0.25, -0.2) is 0 Å². The normalized spacial score (nSPS) is 11.6. The molecule has 0 aliphatic heterocycles. The Morgan fingerprint density at radius 1 is 0.741 bits per heavy atom. The Labute approximate surface area is 167 Å². The lowest BCUT2D eigenvalue weighted by molar-refractivity contribution is 0.665. The molecular weight excluding hydrogens is 366 g/mol. The van der Waals surface area contributed by atoms with Crippen LogP contribution in [-0.4, -0.2) is 4.57 Å². The number of fused-ring (bicyclic) bond motifs is 3. The Bertz CT molecular complexity index is 1100. The number of thiophene rings is 2. The fourth-order valence-electron chi connectivity index (χ4n) is 3.84. The third-order valence-electron chi connectivity index (χ3n) is 5.21. The quantitative estimate of drug-likeness (QED) is 0.287. The van der Waals surface area contributed by atoms with Crippen molar-refractivity contribution in [2.24, 2.45) is 0 Å². The third kappa shape index (κ3) is 2.91. The van der Waals surface area contributed by atoms with Crippen molar-refractivity contribution in [3.8, 4) is 20.9 Å². The number of hydrogen-bond donors (Lipinski definition) is 0. The van der Waals surface area contributed by atoms with Crippen LogP contribution in [0.5, 0.6) is 0 Å². The first kappa shape index (κ1) is 16.8. The number of rotatable bonds is 5. The van der Waals surface area contributed by atoms with Crippen LogP contribution in [0.1, 0.15) is 19.8 Å². The molecule has 0 saturated heterocycles. The van der Waals surface area contributed by atoms with E-state index < -0.39 is 0 Å². The van der Waals surface area contributed by atoms with Gasteiger partial charge in [0.2, 0.25) is 0 Å². The van der Waals surface area contributed by atoms with Gasteiger partial charge < -0.3 is 4.57 Å². The third-order valence-corrected chi connectivity index (χ3v) is 7.05. The molecule has 3 heteroatoms. The molecule has 3 aromatic heterocycles. The monoisotopic (exact) mass is 387 g/mol. The summed E-state index contributed by atoms with van der Waals surface area (Å²) in [4.78, 5) is 2.67. The molecule has 0 bridgehead atoms. The van der Waals surface area contributed by atoms with Crippen molar-refractivity contribution in [2.45, 2.75) is 26.3 Å². The van der Waals surface area contributed by atoms with Crippen LogP contribution in [-0.2, 0) is 6.54 Å². The first-order valence-electron chi connectivity index (χ1n) is 9.49. The molecule has 0 aliphatic rings. The minimum absolute atomic E-state index is 1.07. The molecule has 27 heavy (non-hydrogen) atoms. The van der Waals surface area contributed by atoms with E-state index in [2.05, 4.69) is 82.9 Å². The Morgan fingerprint density at radius 3 is 1.74 bits per heavy atom. The van der Waals surface area contributed by atoms with Crippen LogP contribution in [0.3, 0.4) is 0 Å². The topological polar surface area (TPSA) is 4.93 Å². The number of aromatic nitrogens is 1.